The van der Waals surface area contributed by atoms with Crippen molar-refractivity contribution in [2.24, 2.45) is 11.3 Å². The number of Topliss-reactive ketones (excluding diaryl/α,β-unsaturated/α-hetero) is 1. The van der Waals surface area contributed by atoms with Crippen molar-refractivity contribution in [3.63, 3.8) is 0 Å². The zero-order valence-corrected chi connectivity index (χ0v) is 32.4. The second-order valence-electron chi connectivity index (χ2n) is 17.2. The van der Waals surface area contributed by atoms with Crippen LogP contribution >= 0.6 is 0 Å². The number of nitrogens with one attached hydrogen (secondary N) is 4. The molecule has 3 atom stereocenters. The normalized spacial score (nSPS) is 22.2. The van der Waals surface area contributed by atoms with Crippen LogP contribution in [0.5, 0.6) is 0 Å². The average Bonchev–Trinajstić information content (AvgIpc) is 3.49. The number of carbonyl (C=O) groups is 5. The van der Waals surface area contributed by atoms with Crippen molar-refractivity contribution < 1.29 is 32.4 Å². The molecule has 4 fully saturated rings. The van der Waals surface area contributed by atoms with E-state index in [1.54, 1.807) is 20.8 Å². The van der Waals surface area contributed by atoms with Crippen LogP contribution in [0.2, 0.25) is 0 Å². The van der Waals surface area contributed by atoms with Gasteiger partial charge in [0.15, 0.2) is 9.84 Å². The molecule has 1 heterocycles. The summed E-state index contributed by atoms with van der Waals surface area (Å²) in [4.78, 5) is 70.2. The summed E-state index contributed by atoms with van der Waals surface area (Å²) in [5.41, 5.74) is 0.287. The second-order valence-corrected chi connectivity index (χ2v) is 20.0. The highest BCUT2D eigenvalue weighted by atomic mass is 32.2. The van der Waals surface area contributed by atoms with Crippen molar-refractivity contribution in [1.29, 1.82) is 0 Å². The molecule has 4 N–H and O–H groups in total. The summed E-state index contributed by atoms with van der Waals surface area (Å²) in [6.45, 7) is 14.5. The minimum absolute atomic E-state index is 0.123. The summed E-state index contributed by atoms with van der Waals surface area (Å²) in [6.07, 6.45) is 11.3. The van der Waals surface area contributed by atoms with Gasteiger partial charge in [0.25, 0.3) is 5.91 Å². The number of hydrogen-bond donors (Lipinski definition) is 4. The number of allylic oxidation sites excluding steroid dienone is 1. The zero-order chi connectivity index (χ0) is 37.8. The maximum Gasteiger partial charge on any atom is 0.315 e. The van der Waals surface area contributed by atoms with Gasteiger partial charge in [0.1, 0.15) is 12.1 Å². The zero-order valence-electron chi connectivity index (χ0n) is 31.6. The Morgan fingerprint density at radius 2 is 1.55 bits per heavy atom. The molecule has 0 aromatic rings. The monoisotopic (exact) mass is 731 g/mol. The third-order valence-electron chi connectivity index (χ3n) is 11.0. The number of hydrogen-bond acceptors (Lipinski definition) is 7. The summed E-state index contributed by atoms with van der Waals surface area (Å²) in [5.74, 6) is -2.40. The van der Waals surface area contributed by atoms with E-state index in [-0.39, 0.29) is 24.8 Å². The molecule has 0 radical (unpaired) electrons. The van der Waals surface area contributed by atoms with Crippen LogP contribution < -0.4 is 21.3 Å². The van der Waals surface area contributed by atoms with E-state index in [9.17, 15) is 32.4 Å². The Morgan fingerprint density at radius 3 is 2.10 bits per heavy atom. The lowest BCUT2D eigenvalue weighted by atomic mass is 9.83. The number of amides is 5. The van der Waals surface area contributed by atoms with Gasteiger partial charge in [-0.15, -0.1) is 6.58 Å². The molecule has 12 nitrogen and oxygen atoms in total. The summed E-state index contributed by atoms with van der Waals surface area (Å²) >= 11 is 0. The lowest BCUT2D eigenvalue weighted by Crippen LogP contribution is -2.63. The highest BCUT2D eigenvalue weighted by Gasteiger charge is 2.47. The van der Waals surface area contributed by atoms with Gasteiger partial charge in [-0.2, -0.15) is 0 Å². The Kier molecular flexibility index (Phi) is 12.9. The molecule has 0 spiro atoms. The molecular formula is C38H61N5O7S. The Morgan fingerprint density at radius 1 is 0.922 bits per heavy atom. The van der Waals surface area contributed by atoms with E-state index >= 15 is 0 Å². The first kappa shape index (κ1) is 40.5. The van der Waals surface area contributed by atoms with E-state index in [1.165, 1.54) is 11.0 Å². The summed E-state index contributed by atoms with van der Waals surface area (Å²) in [7, 11) is -3.57. The van der Waals surface area contributed by atoms with E-state index in [0.29, 0.717) is 25.7 Å². The number of likely N-dealkylation sites (tertiary alicyclic amines) is 1. The first-order valence-electron chi connectivity index (χ1n) is 18.8. The van der Waals surface area contributed by atoms with Crippen molar-refractivity contribution in [3.05, 3.63) is 23.8 Å². The largest absolute Gasteiger partial charge is 0.346 e. The van der Waals surface area contributed by atoms with Gasteiger partial charge in [0.2, 0.25) is 17.6 Å². The van der Waals surface area contributed by atoms with Gasteiger partial charge in [-0.1, -0.05) is 64.5 Å². The molecule has 1 unspecified atom stereocenters. The quantitative estimate of drug-likeness (QED) is 0.162. The van der Waals surface area contributed by atoms with Crippen LogP contribution in [0, 0.1) is 11.3 Å². The standard InChI is InChI=1S/C38H61N5O7S/c1-8-21-39-33(46)30(44)28(23-25-16-17-25)40-32(45)29-27(26-14-10-11-15-26)18-22-43(29)34(47)31(36(2,3)4)41-35(48)42-38(19-12-9-13-20-38)24-51(49,50)37(5,6)7/h8,25,28-29,31H,1,9-24H2,2-7H3,(H,39,46)(H,40,45)(H2,41,42,48)/t28?,29-,31+/m0/s1. The predicted octanol–water partition coefficient (Wildman–Crippen LogP) is 4.24. The average molecular weight is 732 g/mol. The molecule has 3 aliphatic carbocycles. The smallest absolute Gasteiger partial charge is 0.315 e. The number of carbonyl (C=O) groups excluding carboxylic acids is 5. The Balaban J connectivity index is 1.60. The SMILES string of the molecule is C=CCNC(=O)C(=O)C(CC1CC1)NC(=O)[C@@H]1C(=C2CCCC2)CCN1C(=O)[C@@H](NC(=O)NC1(CS(=O)(=O)C(C)(C)C)CCCCC1)C(C)(C)C. The van der Waals surface area contributed by atoms with Crippen LogP contribution in [0.15, 0.2) is 23.8 Å². The Bertz CT molecular complexity index is 1490. The van der Waals surface area contributed by atoms with Gasteiger partial charge in [-0.3, -0.25) is 19.2 Å². The van der Waals surface area contributed by atoms with Crippen molar-refractivity contribution >= 4 is 39.4 Å². The van der Waals surface area contributed by atoms with Gasteiger partial charge >= 0.3 is 6.03 Å². The molecule has 1 aliphatic heterocycles. The number of nitrogens with zero attached hydrogens (tertiary/aromatic N) is 1. The molecule has 13 heteroatoms. The topological polar surface area (TPSA) is 171 Å². The van der Waals surface area contributed by atoms with Crippen LogP contribution in [0.4, 0.5) is 4.79 Å². The van der Waals surface area contributed by atoms with Crippen LogP contribution in [0.3, 0.4) is 0 Å². The van der Waals surface area contributed by atoms with Crippen molar-refractivity contribution in [1.82, 2.24) is 26.2 Å². The first-order chi connectivity index (χ1) is 23.8. The van der Waals surface area contributed by atoms with Gasteiger partial charge in [0, 0.05) is 13.1 Å². The van der Waals surface area contributed by atoms with Crippen molar-refractivity contribution in [3.8, 4) is 0 Å². The van der Waals surface area contributed by atoms with E-state index < -0.39 is 73.2 Å². The fourth-order valence-corrected chi connectivity index (χ4v) is 9.16. The molecule has 0 bridgehead atoms. The summed E-state index contributed by atoms with van der Waals surface area (Å²) in [5, 5.41) is 11.3. The third-order valence-corrected chi connectivity index (χ3v) is 13.8. The molecular weight excluding hydrogens is 671 g/mol. The van der Waals surface area contributed by atoms with Gasteiger partial charge in [-0.05, 0) is 89.0 Å². The van der Waals surface area contributed by atoms with Crippen molar-refractivity contribution in [2.45, 2.75) is 153 Å². The molecule has 0 aromatic heterocycles. The van der Waals surface area contributed by atoms with E-state index in [1.807, 2.05) is 20.8 Å². The second kappa shape index (κ2) is 16.2. The molecule has 3 saturated carbocycles. The summed E-state index contributed by atoms with van der Waals surface area (Å²) < 4.78 is 25.7. The molecule has 1 saturated heterocycles. The van der Waals surface area contributed by atoms with Crippen LogP contribution in [-0.4, -0.2) is 90.1 Å². The predicted molar refractivity (Wildman–Crippen MR) is 197 cm³/mol. The minimum Gasteiger partial charge on any atom is -0.346 e. The highest BCUT2D eigenvalue weighted by molar-refractivity contribution is 7.92. The van der Waals surface area contributed by atoms with Crippen LogP contribution in [0.1, 0.15) is 125 Å². The Hall–Kier alpha value is -3.22. The number of ketones is 1. The maximum absolute atomic E-state index is 14.6. The Labute approximate surface area is 304 Å². The van der Waals surface area contributed by atoms with E-state index in [4.69, 9.17) is 0 Å². The molecule has 286 valence electrons. The van der Waals surface area contributed by atoms with Gasteiger partial charge in [-0.25, -0.2) is 13.2 Å². The first-order valence-corrected chi connectivity index (χ1v) is 20.5. The molecule has 5 amide bonds. The molecule has 4 rings (SSSR count). The van der Waals surface area contributed by atoms with E-state index in [2.05, 4.69) is 27.8 Å². The third kappa shape index (κ3) is 10.2. The minimum atomic E-state index is -3.57. The van der Waals surface area contributed by atoms with E-state index in [0.717, 1.165) is 68.9 Å². The molecule has 4 aliphatic rings. The van der Waals surface area contributed by atoms with Crippen LogP contribution in [0.25, 0.3) is 0 Å². The van der Waals surface area contributed by atoms with Crippen molar-refractivity contribution in [2.75, 3.05) is 18.8 Å². The highest BCUT2D eigenvalue weighted by Crippen LogP contribution is 2.38. The lowest BCUT2D eigenvalue weighted by Gasteiger charge is -2.41. The summed E-state index contributed by atoms with van der Waals surface area (Å²) in [6, 6.07) is -3.67. The number of sulfone groups is 1. The van der Waals surface area contributed by atoms with Gasteiger partial charge in [0.05, 0.1) is 22.1 Å². The number of rotatable bonds is 13. The lowest BCUT2D eigenvalue weighted by molar-refractivity contribution is -0.143. The number of urea groups is 1. The van der Waals surface area contributed by atoms with Gasteiger partial charge < -0.3 is 26.2 Å². The molecule has 51 heavy (non-hydrogen) atoms. The molecule has 0 aromatic carbocycles. The fraction of sp³-hybridized carbons (Fsp3) is 0.763. The maximum atomic E-state index is 14.6. The van der Waals surface area contributed by atoms with Crippen LogP contribution in [-0.2, 0) is 29.0 Å². The fourth-order valence-electron chi connectivity index (χ4n) is 7.64.